The van der Waals surface area contributed by atoms with Crippen LogP contribution in [0.5, 0.6) is 0 Å². The number of amides is 1. The van der Waals surface area contributed by atoms with E-state index in [4.69, 9.17) is 4.74 Å². The summed E-state index contributed by atoms with van der Waals surface area (Å²) in [5.74, 6) is -0.380. The Morgan fingerprint density at radius 2 is 1.96 bits per heavy atom. The van der Waals surface area contributed by atoms with E-state index < -0.39 is 18.0 Å². The van der Waals surface area contributed by atoms with E-state index in [9.17, 15) is 9.59 Å². The minimum absolute atomic E-state index is 0.161. The molecule has 2 rings (SSSR count). The van der Waals surface area contributed by atoms with E-state index in [2.05, 4.69) is 10.4 Å². The molecule has 0 fully saturated rings. The van der Waals surface area contributed by atoms with Crippen LogP contribution in [-0.4, -0.2) is 34.0 Å². The average molecular weight is 388 g/mol. The van der Waals surface area contributed by atoms with Gasteiger partial charge in [0, 0.05) is 17.0 Å². The maximum Gasteiger partial charge on any atom is 0.331 e. The predicted molar refractivity (Wildman–Crippen MR) is 109 cm³/mol. The second-order valence-corrected chi connectivity index (χ2v) is 6.97. The fourth-order valence-electron chi connectivity index (χ4n) is 2.31. The third-order valence-electron chi connectivity index (χ3n) is 4.12. The first-order valence-corrected chi connectivity index (χ1v) is 10.0. The highest BCUT2D eigenvalue weighted by atomic mass is 32.2. The lowest BCUT2D eigenvalue weighted by Gasteiger charge is -2.16. The number of esters is 1. The standard InChI is InChI=1S/C20H25N3O3S/c1-5-14(2)23-18(12-13-21-23)22-20(25)15(3)26-19(24)11-8-16-6-9-17(27-4)10-7-16/h6-15H,5H2,1-4H3,(H,22,25)/b11-8+/t14-,15+/m0/s1. The molecule has 2 aromatic rings. The number of carbonyl (C=O) groups excluding carboxylic acids is 2. The molecule has 144 valence electrons. The van der Waals surface area contributed by atoms with Crippen molar-refractivity contribution in [1.82, 2.24) is 9.78 Å². The molecule has 0 bridgehead atoms. The van der Waals surface area contributed by atoms with Gasteiger partial charge in [0.25, 0.3) is 5.91 Å². The fourth-order valence-corrected chi connectivity index (χ4v) is 2.72. The van der Waals surface area contributed by atoms with Crippen molar-refractivity contribution in [1.29, 1.82) is 0 Å². The van der Waals surface area contributed by atoms with Crippen LogP contribution < -0.4 is 5.32 Å². The van der Waals surface area contributed by atoms with Gasteiger partial charge in [-0.05, 0) is 50.3 Å². The molecule has 0 saturated carbocycles. The number of hydrogen-bond donors (Lipinski definition) is 1. The minimum Gasteiger partial charge on any atom is -0.449 e. The predicted octanol–water partition coefficient (Wildman–Crippen LogP) is 4.16. The highest BCUT2D eigenvalue weighted by Gasteiger charge is 2.19. The Kier molecular flexibility index (Phi) is 7.67. The van der Waals surface area contributed by atoms with Crippen molar-refractivity contribution >= 4 is 35.5 Å². The van der Waals surface area contributed by atoms with E-state index in [1.54, 1.807) is 34.8 Å². The number of ether oxygens (including phenoxy) is 1. The van der Waals surface area contributed by atoms with Crippen molar-refractivity contribution in [3.05, 3.63) is 48.2 Å². The first kappa shape index (κ1) is 20.8. The molecular weight excluding hydrogens is 362 g/mol. The number of hydrogen-bond acceptors (Lipinski definition) is 5. The molecule has 1 heterocycles. The first-order chi connectivity index (χ1) is 12.9. The topological polar surface area (TPSA) is 73.2 Å². The van der Waals surface area contributed by atoms with Crippen molar-refractivity contribution < 1.29 is 14.3 Å². The zero-order valence-corrected chi connectivity index (χ0v) is 16.8. The van der Waals surface area contributed by atoms with Crippen molar-refractivity contribution in [3.63, 3.8) is 0 Å². The van der Waals surface area contributed by atoms with Crippen LogP contribution in [0.2, 0.25) is 0 Å². The lowest BCUT2D eigenvalue weighted by molar-refractivity contribution is -0.148. The lowest BCUT2D eigenvalue weighted by atomic mass is 10.2. The van der Waals surface area contributed by atoms with E-state index >= 15 is 0 Å². The maximum atomic E-state index is 12.3. The van der Waals surface area contributed by atoms with Crippen LogP contribution >= 0.6 is 11.8 Å². The Morgan fingerprint density at radius 3 is 2.59 bits per heavy atom. The first-order valence-electron chi connectivity index (χ1n) is 8.81. The van der Waals surface area contributed by atoms with Crippen LogP contribution in [0.15, 0.2) is 47.5 Å². The van der Waals surface area contributed by atoms with Crippen molar-refractivity contribution in [2.24, 2.45) is 0 Å². The molecule has 0 spiro atoms. The highest BCUT2D eigenvalue weighted by Crippen LogP contribution is 2.17. The number of benzene rings is 1. The van der Waals surface area contributed by atoms with E-state index in [-0.39, 0.29) is 6.04 Å². The van der Waals surface area contributed by atoms with E-state index in [1.807, 2.05) is 44.4 Å². The van der Waals surface area contributed by atoms with Gasteiger partial charge >= 0.3 is 5.97 Å². The second kappa shape index (κ2) is 9.97. The largest absolute Gasteiger partial charge is 0.449 e. The van der Waals surface area contributed by atoms with Crippen LogP contribution in [-0.2, 0) is 14.3 Å². The molecule has 0 saturated heterocycles. The minimum atomic E-state index is -0.915. The van der Waals surface area contributed by atoms with E-state index in [0.29, 0.717) is 5.82 Å². The van der Waals surface area contributed by atoms with Crippen molar-refractivity contribution in [2.75, 3.05) is 11.6 Å². The van der Waals surface area contributed by atoms with Gasteiger partial charge < -0.3 is 10.1 Å². The molecule has 0 aliphatic rings. The third-order valence-corrected chi connectivity index (χ3v) is 4.86. The molecular formula is C20H25N3O3S. The monoisotopic (exact) mass is 387 g/mol. The summed E-state index contributed by atoms with van der Waals surface area (Å²) in [5, 5.41) is 6.97. The number of aromatic nitrogens is 2. The molecule has 7 heteroatoms. The summed E-state index contributed by atoms with van der Waals surface area (Å²) in [6, 6.07) is 9.67. The molecule has 0 aliphatic heterocycles. The molecule has 1 N–H and O–H groups in total. The number of nitrogens with zero attached hydrogens (tertiary/aromatic N) is 2. The molecule has 0 aliphatic carbocycles. The van der Waals surface area contributed by atoms with Crippen LogP contribution in [0, 0.1) is 0 Å². The second-order valence-electron chi connectivity index (χ2n) is 6.09. The molecule has 6 nitrogen and oxygen atoms in total. The number of carbonyl (C=O) groups is 2. The average Bonchev–Trinajstić information content (AvgIpc) is 3.14. The Labute approximate surface area is 164 Å². The SMILES string of the molecule is CC[C@H](C)n1nccc1NC(=O)[C@@H](C)OC(=O)/C=C/c1ccc(SC)cc1. The van der Waals surface area contributed by atoms with Crippen molar-refractivity contribution in [2.45, 2.75) is 44.2 Å². The molecule has 1 aromatic carbocycles. The van der Waals surface area contributed by atoms with Gasteiger partial charge in [-0.2, -0.15) is 5.10 Å². The molecule has 2 atom stereocenters. The number of nitrogens with one attached hydrogen (secondary N) is 1. The highest BCUT2D eigenvalue weighted by molar-refractivity contribution is 7.98. The van der Waals surface area contributed by atoms with Gasteiger partial charge in [0.05, 0.1) is 12.2 Å². The maximum absolute atomic E-state index is 12.3. The summed E-state index contributed by atoms with van der Waals surface area (Å²) < 4.78 is 6.92. The summed E-state index contributed by atoms with van der Waals surface area (Å²) in [5.41, 5.74) is 0.888. The van der Waals surface area contributed by atoms with E-state index in [1.165, 1.54) is 13.0 Å². The smallest absolute Gasteiger partial charge is 0.331 e. The molecule has 1 amide bonds. The normalized spacial score (nSPS) is 13.3. The van der Waals surface area contributed by atoms with Crippen LogP contribution in [0.4, 0.5) is 5.82 Å². The zero-order chi connectivity index (χ0) is 19.8. The Bertz CT molecular complexity index is 799. The van der Waals surface area contributed by atoms with Gasteiger partial charge in [-0.3, -0.25) is 4.79 Å². The summed E-state index contributed by atoms with van der Waals surface area (Å²) >= 11 is 1.65. The van der Waals surface area contributed by atoms with Crippen molar-refractivity contribution in [3.8, 4) is 0 Å². The molecule has 0 unspecified atom stereocenters. The van der Waals surface area contributed by atoms with Crippen LogP contribution in [0.3, 0.4) is 0 Å². The molecule has 27 heavy (non-hydrogen) atoms. The third kappa shape index (κ3) is 5.99. The van der Waals surface area contributed by atoms with Gasteiger partial charge in [0.1, 0.15) is 5.82 Å². The number of thioether (sulfide) groups is 1. The lowest BCUT2D eigenvalue weighted by Crippen LogP contribution is -2.30. The summed E-state index contributed by atoms with van der Waals surface area (Å²) in [6.07, 6.45) is 6.59. The number of anilines is 1. The van der Waals surface area contributed by atoms with Gasteiger partial charge in [-0.15, -0.1) is 11.8 Å². The quantitative estimate of drug-likeness (QED) is 0.418. The van der Waals surface area contributed by atoms with Gasteiger partial charge in [-0.1, -0.05) is 19.1 Å². The zero-order valence-electron chi connectivity index (χ0n) is 16.0. The fraction of sp³-hybridized carbons (Fsp3) is 0.350. The molecule has 1 aromatic heterocycles. The molecule has 0 radical (unpaired) electrons. The Morgan fingerprint density at radius 1 is 1.26 bits per heavy atom. The number of rotatable bonds is 8. The van der Waals surface area contributed by atoms with Crippen LogP contribution in [0.1, 0.15) is 38.8 Å². The van der Waals surface area contributed by atoms with Gasteiger partial charge in [0.15, 0.2) is 6.10 Å². The summed E-state index contributed by atoms with van der Waals surface area (Å²) in [6.45, 7) is 5.60. The Hall–Kier alpha value is -2.54. The summed E-state index contributed by atoms with van der Waals surface area (Å²) in [4.78, 5) is 25.4. The van der Waals surface area contributed by atoms with E-state index in [0.717, 1.165) is 16.9 Å². The van der Waals surface area contributed by atoms with Gasteiger partial charge in [-0.25, -0.2) is 9.48 Å². The van der Waals surface area contributed by atoms with Crippen LogP contribution in [0.25, 0.3) is 6.08 Å². The Balaban J connectivity index is 1.90. The van der Waals surface area contributed by atoms with Gasteiger partial charge in [0.2, 0.25) is 0 Å². The summed E-state index contributed by atoms with van der Waals surface area (Å²) in [7, 11) is 0.